The van der Waals surface area contributed by atoms with Gasteiger partial charge in [0.05, 0.1) is 5.41 Å². The van der Waals surface area contributed by atoms with Crippen molar-refractivity contribution in [3.8, 4) is 0 Å². The Kier molecular flexibility index (Phi) is 4.27. The molecule has 3 N–H and O–H groups in total. The maximum Gasteiger partial charge on any atom is 0.312 e. The molecule has 0 bridgehead atoms. The molecule has 128 valence electrons. The number of benzene rings is 1. The number of rotatable bonds is 4. The Morgan fingerprint density at radius 1 is 1.38 bits per heavy atom. The molecule has 0 radical (unpaired) electrons. The van der Waals surface area contributed by atoms with Gasteiger partial charge in [-0.05, 0) is 12.5 Å². The predicted molar refractivity (Wildman–Crippen MR) is 87.0 cm³/mol. The SMILES string of the molecule is CC1(C(=O)O)CS[C@@H]2C(NC(=O)C(O)c3ccccc3)C(=O)N2C1. The summed E-state index contributed by atoms with van der Waals surface area (Å²) in [5.41, 5.74) is -0.525. The van der Waals surface area contributed by atoms with Gasteiger partial charge in [0.2, 0.25) is 5.91 Å². The van der Waals surface area contributed by atoms with Gasteiger partial charge in [0.15, 0.2) is 6.10 Å². The summed E-state index contributed by atoms with van der Waals surface area (Å²) in [6, 6.07) is 7.75. The van der Waals surface area contributed by atoms with Crippen LogP contribution in [0.2, 0.25) is 0 Å². The topological polar surface area (TPSA) is 107 Å². The Bertz CT molecular complexity index is 682. The summed E-state index contributed by atoms with van der Waals surface area (Å²) in [7, 11) is 0. The molecule has 4 atom stereocenters. The van der Waals surface area contributed by atoms with Crippen LogP contribution < -0.4 is 5.32 Å². The summed E-state index contributed by atoms with van der Waals surface area (Å²) in [4.78, 5) is 37.2. The minimum Gasteiger partial charge on any atom is -0.481 e. The van der Waals surface area contributed by atoms with Crippen LogP contribution in [0.3, 0.4) is 0 Å². The molecule has 0 spiro atoms. The van der Waals surface area contributed by atoms with Gasteiger partial charge in [0, 0.05) is 12.3 Å². The van der Waals surface area contributed by atoms with E-state index in [0.717, 1.165) is 0 Å². The molecule has 7 nitrogen and oxygen atoms in total. The normalized spacial score (nSPS) is 30.1. The Hall–Kier alpha value is -2.06. The standard InChI is InChI=1S/C16H18N2O5S/c1-16(15(22)23)7-18-13(21)10(14(18)24-8-16)17-12(20)11(19)9-5-3-2-4-6-9/h2-6,10-11,14,19H,7-8H2,1H3,(H,17,20)(H,22,23)/t10?,11?,14-,16?/m1/s1. The number of carboxylic acids is 1. The molecule has 2 amide bonds. The van der Waals surface area contributed by atoms with Crippen LogP contribution in [0, 0.1) is 5.41 Å². The Morgan fingerprint density at radius 2 is 2.04 bits per heavy atom. The van der Waals surface area contributed by atoms with Crippen molar-refractivity contribution >= 4 is 29.5 Å². The van der Waals surface area contributed by atoms with Crippen molar-refractivity contribution in [2.75, 3.05) is 12.3 Å². The fourth-order valence-corrected chi connectivity index (χ4v) is 4.34. The average Bonchev–Trinajstić information content (AvgIpc) is 2.59. The fraction of sp³-hybridized carbons (Fsp3) is 0.438. The van der Waals surface area contributed by atoms with Crippen LogP contribution in [0.25, 0.3) is 0 Å². The molecule has 1 aromatic rings. The van der Waals surface area contributed by atoms with Gasteiger partial charge in [0.1, 0.15) is 11.4 Å². The van der Waals surface area contributed by atoms with Gasteiger partial charge >= 0.3 is 5.97 Å². The predicted octanol–water partition coefficient (Wildman–Crippen LogP) is 0.211. The van der Waals surface area contributed by atoms with Gasteiger partial charge in [-0.15, -0.1) is 11.8 Å². The van der Waals surface area contributed by atoms with E-state index >= 15 is 0 Å². The van der Waals surface area contributed by atoms with E-state index in [1.54, 1.807) is 37.3 Å². The molecule has 2 aliphatic heterocycles. The van der Waals surface area contributed by atoms with Gasteiger partial charge in [-0.2, -0.15) is 0 Å². The second kappa shape index (κ2) is 6.10. The zero-order valence-corrected chi connectivity index (χ0v) is 13.8. The number of aliphatic carboxylic acids is 1. The molecule has 2 aliphatic rings. The highest BCUT2D eigenvalue weighted by atomic mass is 32.2. The highest BCUT2D eigenvalue weighted by Crippen LogP contribution is 2.42. The number of thioether (sulfide) groups is 1. The van der Waals surface area contributed by atoms with Gasteiger partial charge < -0.3 is 20.4 Å². The van der Waals surface area contributed by atoms with Crippen molar-refractivity contribution in [3.05, 3.63) is 35.9 Å². The lowest BCUT2D eigenvalue weighted by Crippen LogP contribution is -2.73. The first-order valence-electron chi connectivity index (χ1n) is 7.52. The molecule has 2 heterocycles. The second-order valence-corrected chi connectivity index (χ2v) is 7.44. The van der Waals surface area contributed by atoms with Crippen LogP contribution in [0.4, 0.5) is 0 Å². The van der Waals surface area contributed by atoms with E-state index in [1.165, 1.54) is 16.7 Å². The second-order valence-electron chi connectivity index (χ2n) is 6.33. The molecule has 2 fully saturated rings. The summed E-state index contributed by atoms with van der Waals surface area (Å²) in [5.74, 6) is -1.52. The number of aliphatic hydroxyl groups is 1. The number of hydrogen-bond donors (Lipinski definition) is 3. The van der Waals surface area contributed by atoms with E-state index in [2.05, 4.69) is 5.32 Å². The number of nitrogens with one attached hydrogen (secondary N) is 1. The van der Waals surface area contributed by atoms with Crippen molar-refractivity contribution in [2.24, 2.45) is 5.41 Å². The lowest BCUT2D eigenvalue weighted by molar-refractivity contribution is -0.158. The number of carbonyl (C=O) groups excluding carboxylic acids is 2. The minimum atomic E-state index is -1.34. The molecule has 8 heteroatoms. The van der Waals surface area contributed by atoms with Crippen molar-refractivity contribution in [1.82, 2.24) is 10.2 Å². The van der Waals surface area contributed by atoms with E-state index in [1.807, 2.05) is 0 Å². The van der Waals surface area contributed by atoms with Crippen molar-refractivity contribution in [2.45, 2.75) is 24.4 Å². The Balaban J connectivity index is 1.63. The first kappa shape index (κ1) is 16.8. The van der Waals surface area contributed by atoms with E-state index in [0.29, 0.717) is 11.3 Å². The molecular weight excluding hydrogens is 332 g/mol. The molecule has 0 saturated carbocycles. The lowest BCUT2D eigenvalue weighted by Gasteiger charge is -2.53. The smallest absolute Gasteiger partial charge is 0.312 e. The molecule has 0 aromatic heterocycles. The number of aliphatic hydroxyl groups excluding tert-OH is 1. The number of amides is 2. The molecular formula is C16H18N2O5S. The number of carboxylic acid groups (broad SMARTS) is 1. The summed E-state index contributed by atoms with van der Waals surface area (Å²) in [6.45, 7) is 1.74. The largest absolute Gasteiger partial charge is 0.481 e. The van der Waals surface area contributed by atoms with Crippen LogP contribution in [0.5, 0.6) is 0 Å². The first-order valence-corrected chi connectivity index (χ1v) is 8.57. The number of nitrogens with zero attached hydrogens (tertiary/aromatic N) is 1. The number of hydrogen-bond acceptors (Lipinski definition) is 5. The van der Waals surface area contributed by atoms with E-state index in [4.69, 9.17) is 0 Å². The Labute approximate surface area is 143 Å². The van der Waals surface area contributed by atoms with E-state index in [9.17, 15) is 24.6 Å². The summed E-state index contributed by atoms with van der Waals surface area (Å²) in [6.07, 6.45) is -1.34. The van der Waals surface area contributed by atoms with Crippen molar-refractivity contribution < 1.29 is 24.6 Å². The first-order chi connectivity index (χ1) is 11.3. The van der Waals surface area contributed by atoms with E-state index < -0.39 is 29.4 Å². The third kappa shape index (κ3) is 2.76. The number of β-lactam (4-membered cyclic amide) rings is 1. The van der Waals surface area contributed by atoms with Crippen LogP contribution >= 0.6 is 11.8 Å². The summed E-state index contributed by atoms with van der Waals surface area (Å²) >= 11 is 1.34. The summed E-state index contributed by atoms with van der Waals surface area (Å²) in [5, 5.41) is 21.6. The lowest BCUT2D eigenvalue weighted by atomic mass is 9.89. The molecule has 3 rings (SSSR count). The molecule has 1 aromatic carbocycles. The van der Waals surface area contributed by atoms with Crippen LogP contribution in [-0.4, -0.2) is 56.6 Å². The molecule has 24 heavy (non-hydrogen) atoms. The third-order valence-corrected chi connectivity index (χ3v) is 6.08. The van der Waals surface area contributed by atoms with Crippen LogP contribution in [-0.2, 0) is 14.4 Å². The molecule has 0 aliphatic carbocycles. The highest BCUT2D eigenvalue weighted by molar-refractivity contribution is 8.00. The average molecular weight is 350 g/mol. The fourth-order valence-electron chi connectivity index (χ4n) is 2.85. The van der Waals surface area contributed by atoms with Crippen molar-refractivity contribution in [3.63, 3.8) is 0 Å². The van der Waals surface area contributed by atoms with E-state index in [-0.39, 0.29) is 17.8 Å². The quantitative estimate of drug-likeness (QED) is 0.670. The number of carbonyl (C=O) groups is 3. The van der Waals surface area contributed by atoms with Gasteiger partial charge in [-0.1, -0.05) is 30.3 Å². The van der Waals surface area contributed by atoms with Gasteiger partial charge in [0.25, 0.3) is 5.91 Å². The van der Waals surface area contributed by atoms with Gasteiger partial charge in [-0.3, -0.25) is 14.4 Å². The zero-order chi connectivity index (χ0) is 17.5. The van der Waals surface area contributed by atoms with Crippen molar-refractivity contribution in [1.29, 1.82) is 0 Å². The van der Waals surface area contributed by atoms with Gasteiger partial charge in [-0.25, -0.2) is 0 Å². The zero-order valence-electron chi connectivity index (χ0n) is 13.0. The minimum absolute atomic E-state index is 0.131. The highest BCUT2D eigenvalue weighted by Gasteiger charge is 2.56. The third-order valence-electron chi connectivity index (χ3n) is 4.41. The number of fused-ring (bicyclic) bond motifs is 1. The summed E-state index contributed by atoms with van der Waals surface area (Å²) < 4.78 is 0. The Morgan fingerprint density at radius 3 is 2.67 bits per heavy atom. The maximum atomic E-state index is 12.2. The molecule has 3 unspecified atom stereocenters. The van der Waals surface area contributed by atoms with Crippen LogP contribution in [0.1, 0.15) is 18.6 Å². The monoisotopic (exact) mass is 350 g/mol. The maximum absolute atomic E-state index is 12.2. The van der Waals surface area contributed by atoms with Crippen LogP contribution in [0.15, 0.2) is 30.3 Å². The molecule has 2 saturated heterocycles.